The van der Waals surface area contributed by atoms with Crippen molar-refractivity contribution in [3.05, 3.63) is 60.6 Å². The van der Waals surface area contributed by atoms with Crippen molar-refractivity contribution in [3.8, 4) is 11.3 Å². The van der Waals surface area contributed by atoms with E-state index in [0.717, 1.165) is 11.4 Å². The Morgan fingerprint density at radius 3 is 2.42 bits per heavy atom. The molecule has 2 nitrogen and oxygen atoms in total. The monoisotopic (exact) mass is 326 g/mol. The van der Waals surface area contributed by atoms with Gasteiger partial charge in [-0.15, -0.1) is 0 Å². The molecule has 4 aromatic rings. The Labute approximate surface area is 142 Å². The Bertz CT molecular complexity index is 1150. The molecule has 0 N–H and O–H groups in total. The third-order valence-corrected chi connectivity index (χ3v) is 9.04. The van der Waals surface area contributed by atoms with Gasteiger partial charge < -0.3 is 0 Å². The maximum absolute atomic E-state index is 4.78. The van der Waals surface area contributed by atoms with E-state index < -0.39 is 8.07 Å². The summed E-state index contributed by atoms with van der Waals surface area (Å²) in [5.74, 6) is 0. The summed E-state index contributed by atoms with van der Waals surface area (Å²) >= 11 is 0. The van der Waals surface area contributed by atoms with Gasteiger partial charge in [0.25, 0.3) is 0 Å². The molecule has 0 bridgehead atoms. The Balaban J connectivity index is 2.10. The molecule has 24 heavy (non-hydrogen) atoms. The van der Waals surface area contributed by atoms with Crippen molar-refractivity contribution >= 4 is 40.0 Å². The van der Waals surface area contributed by atoms with Crippen LogP contribution in [-0.2, 0) is 0 Å². The minimum absolute atomic E-state index is 1.10. The lowest BCUT2D eigenvalue weighted by molar-refractivity contribution is 1.24. The number of rotatable bonds is 0. The Kier molecular flexibility index (Phi) is 2.61. The summed E-state index contributed by atoms with van der Waals surface area (Å²) in [5.41, 5.74) is 3.56. The first kappa shape index (κ1) is 13.9. The van der Waals surface area contributed by atoms with E-state index in [9.17, 15) is 0 Å². The molecule has 0 atom stereocenters. The second-order valence-corrected chi connectivity index (χ2v) is 11.5. The van der Waals surface area contributed by atoms with Crippen LogP contribution in [0.2, 0.25) is 13.1 Å². The van der Waals surface area contributed by atoms with E-state index in [1.54, 1.807) is 0 Å². The van der Waals surface area contributed by atoms with E-state index in [-0.39, 0.29) is 0 Å². The zero-order valence-electron chi connectivity index (χ0n) is 14.1. The molecule has 0 spiro atoms. The third kappa shape index (κ3) is 1.60. The Morgan fingerprint density at radius 2 is 1.54 bits per heavy atom. The van der Waals surface area contributed by atoms with Crippen molar-refractivity contribution in [3.63, 3.8) is 0 Å². The number of nitrogens with zero attached hydrogens (tertiary/aromatic N) is 2. The molecule has 2 aromatic heterocycles. The molecule has 3 heterocycles. The van der Waals surface area contributed by atoms with Gasteiger partial charge in [-0.2, -0.15) is 0 Å². The van der Waals surface area contributed by atoms with Crippen molar-refractivity contribution in [2.75, 3.05) is 0 Å². The van der Waals surface area contributed by atoms with Gasteiger partial charge in [-0.3, -0.25) is 9.97 Å². The lowest BCUT2D eigenvalue weighted by Crippen LogP contribution is -2.56. The summed E-state index contributed by atoms with van der Waals surface area (Å²) in [6.45, 7) is 7.01. The molecule has 3 heteroatoms. The summed E-state index contributed by atoms with van der Waals surface area (Å²) in [4.78, 5) is 9.30. The van der Waals surface area contributed by atoms with Gasteiger partial charge in [0, 0.05) is 34.4 Å². The van der Waals surface area contributed by atoms with Crippen molar-refractivity contribution in [1.82, 2.24) is 9.97 Å². The highest BCUT2D eigenvalue weighted by atomic mass is 28.3. The maximum atomic E-state index is 4.78. The summed E-state index contributed by atoms with van der Waals surface area (Å²) in [5, 5.41) is 8.20. The van der Waals surface area contributed by atoms with Crippen LogP contribution in [0.4, 0.5) is 0 Å². The van der Waals surface area contributed by atoms with Gasteiger partial charge in [-0.05, 0) is 40.2 Å². The van der Waals surface area contributed by atoms with Crippen LogP contribution in [-0.4, -0.2) is 18.0 Å². The largest absolute Gasteiger partial charge is 0.261 e. The summed E-state index contributed by atoms with van der Waals surface area (Å²) in [6, 6.07) is 15.5. The highest BCUT2D eigenvalue weighted by Gasteiger charge is 2.36. The minimum Gasteiger partial charge on any atom is -0.261 e. The van der Waals surface area contributed by atoms with Gasteiger partial charge in [-0.1, -0.05) is 43.4 Å². The van der Waals surface area contributed by atoms with E-state index in [4.69, 9.17) is 4.98 Å². The molecule has 0 saturated heterocycles. The van der Waals surface area contributed by atoms with Crippen molar-refractivity contribution in [2.24, 2.45) is 0 Å². The summed E-state index contributed by atoms with van der Waals surface area (Å²) in [6.07, 6.45) is 3.87. The van der Waals surface area contributed by atoms with Gasteiger partial charge in [0.15, 0.2) is 0 Å². The van der Waals surface area contributed by atoms with Crippen LogP contribution < -0.4 is 10.4 Å². The van der Waals surface area contributed by atoms with E-state index >= 15 is 0 Å². The normalized spacial score (nSPS) is 14.8. The Hall–Kier alpha value is -2.52. The predicted octanol–water partition coefficient (Wildman–Crippen LogP) is 3.89. The number of hydrogen-bond donors (Lipinski definition) is 0. The molecular formula is C21H18N2Si. The van der Waals surface area contributed by atoms with Crippen LogP contribution in [0.25, 0.3) is 32.8 Å². The van der Waals surface area contributed by atoms with Gasteiger partial charge in [0.2, 0.25) is 0 Å². The first-order valence-electron chi connectivity index (χ1n) is 8.36. The number of aryl methyl sites for hydroxylation is 1. The second-order valence-electron chi connectivity index (χ2n) is 7.17. The zero-order chi connectivity index (χ0) is 16.5. The quantitative estimate of drug-likeness (QED) is 0.362. The third-order valence-electron chi connectivity index (χ3n) is 5.52. The fourth-order valence-electron chi connectivity index (χ4n) is 4.25. The Morgan fingerprint density at radius 1 is 0.792 bits per heavy atom. The molecule has 5 rings (SSSR count). The van der Waals surface area contributed by atoms with Crippen molar-refractivity contribution in [1.29, 1.82) is 0 Å². The average Bonchev–Trinajstić information content (AvgIpc) is 2.60. The molecule has 0 radical (unpaired) electrons. The van der Waals surface area contributed by atoms with Crippen LogP contribution in [0.15, 0.2) is 54.9 Å². The van der Waals surface area contributed by atoms with Crippen LogP contribution in [0.5, 0.6) is 0 Å². The molecule has 2 aromatic carbocycles. The molecule has 1 aliphatic rings. The smallest absolute Gasteiger partial charge is 0.114 e. The number of pyridine rings is 2. The molecule has 116 valence electrons. The molecule has 0 fully saturated rings. The average molecular weight is 326 g/mol. The van der Waals surface area contributed by atoms with Crippen LogP contribution >= 0.6 is 0 Å². The van der Waals surface area contributed by atoms with Crippen LogP contribution in [0, 0.1) is 6.92 Å². The van der Waals surface area contributed by atoms with Gasteiger partial charge in [0.1, 0.15) is 8.07 Å². The lowest BCUT2D eigenvalue weighted by atomic mass is 9.98. The first-order chi connectivity index (χ1) is 11.6. The van der Waals surface area contributed by atoms with E-state index in [0.29, 0.717) is 0 Å². The van der Waals surface area contributed by atoms with E-state index in [1.165, 1.54) is 37.5 Å². The highest BCUT2D eigenvalue weighted by Crippen LogP contribution is 2.35. The van der Waals surface area contributed by atoms with Gasteiger partial charge >= 0.3 is 0 Å². The fourth-order valence-corrected chi connectivity index (χ4v) is 7.31. The number of hydrogen-bond acceptors (Lipinski definition) is 2. The van der Waals surface area contributed by atoms with Crippen molar-refractivity contribution in [2.45, 2.75) is 20.0 Å². The fraction of sp³-hybridized carbons (Fsp3) is 0.143. The van der Waals surface area contributed by atoms with Gasteiger partial charge in [-0.25, -0.2) is 0 Å². The predicted molar refractivity (Wildman–Crippen MR) is 104 cm³/mol. The second kappa shape index (κ2) is 4.52. The number of fused-ring (bicyclic) bond motifs is 4. The molecule has 0 saturated carbocycles. The van der Waals surface area contributed by atoms with Crippen LogP contribution in [0.3, 0.4) is 0 Å². The maximum Gasteiger partial charge on any atom is 0.114 e. The number of benzene rings is 2. The topological polar surface area (TPSA) is 25.8 Å². The number of aromatic nitrogens is 2. The zero-order valence-corrected chi connectivity index (χ0v) is 15.1. The van der Waals surface area contributed by atoms with E-state index in [1.807, 2.05) is 12.4 Å². The molecule has 0 unspecified atom stereocenters. The SMILES string of the molecule is Cc1nccc2c1cc1c3c(nccc32)-c2ccccc2[Si]1(C)C. The van der Waals surface area contributed by atoms with Gasteiger partial charge in [0.05, 0.1) is 5.69 Å². The molecule has 1 aliphatic heterocycles. The first-order valence-corrected chi connectivity index (χ1v) is 11.4. The van der Waals surface area contributed by atoms with E-state index in [2.05, 4.69) is 67.5 Å². The standard InChI is InChI=1S/C21H18N2Si/c1-13-17-12-19-20-15(14(17)8-10-22-13)9-11-23-21(20)16-6-4-5-7-18(16)24(19,2)3/h4-12H,1-3H3. The van der Waals surface area contributed by atoms with Crippen LogP contribution in [0.1, 0.15) is 5.69 Å². The lowest BCUT2D eigenvalue weighted by Gasteiger charge is -2.33. The molecule has 0 aliphatic carbocycles. The van der Waals surface area contributed by atoms with Crippen molar-refractivity contribution < 1.29 is 0 Å². The molecule has 0 amide bonds. The molecular weight excluding hydrogens is 308 g/mol. The summed E-state index contributed by atoms with van der Waals surface area (Å²) < 4.78 is 0. The summed E-state index contributed by atoms with van der Waals surface area (Å²) in [7, 11) is -1.77. The highest BCUT2D eigenvalue weighted by molar-refractivity contribution is 7.03. The minimum atomic E-state index is -1.77.